The summed E-state index contributed by atoms with van der Waals surface area (Å²) in [5, 5.41) is 11.4. The third kappa shape index (κ3) is 2.25. The topological polar surface area (TPSA) is 20.2 Å². The molecule has 0 aromatic heterocycles. The minimum Gasteiger partial charge on any atom is -0.396 e. The quantitative estimate of drug-likeness (QED) is 0.886. The van der Waals surface area contributed by atoms with Gasteiger partial charge in [-0.15, -0.1) is 0 Å². The molecule has 0 fully saturated rings. The molecule has 78 valence electrons. The molecule has 0 amide bonds. The second-order valence-corrected chi connectivity index (χ2v) is 5.14. The summed E-state index contributed by atoms with van der Waals surface area (Å²) in [5.41, 5.74) is 1.16. The van der Waals surface area contributed by atoms with E-state index in [0.717, 1.165) is 14.5 Å². The number of hydrogen-bond acceptors (Lipinski definition) is 1. The molecule has 0 bridgehead atoms. The van der Waals surface area contributed by atoms with E-state index < -0.39 is 0 Å². The highest BCUT2D eigenvalue weighted by atomic mass is 79.9. The van der Waals surface area contributed by atoms with Crippen LogP contribution in [0.5, 0.6) is 0 Å². The smallest absolute Gasteiger partial charge is 0.0472 e. The predicted octanol–water partition coefficient (Wildman–Crippen LogP) is 3.90. The second kappa shape index (κ2) is 4.64. The van der Waals surface area contributed by atoms with E-state index in [4.69, 9.17) is 5.11 Å². The zero-order valence-corrected chi connectivity index (χ0v) is 11.2. The van der Waals surface area contributed by atoms with Gasteiger partial charge in [0.15, 0.2) is 0 Å². The first-order chi connectivity index (χ1) is 7.22. The fourth-order valence-corrected chi connectivity index (χ4v) is 2.60. The van der Waals surface area contributed by atoms with Crippen LogP contribution >= 0.6 is 31.9 Å². The van der Waals surface area contributed by atoms with Gasteiger partial charge in [0, 0.05) is 15.6 Å². The van der Waals surface area contributed by atoms with E-state index in [-0.39, 0.29) is 6.61 Å². The summed E-state index contributed by atoms with van der Waals surface area (Å²) in [6.07, 6.45) is 0.675. The summed E-state index contributed by atoms with van der Waals surface area (Å²) in [6, 6.07) is 10.3. The molecule has 0 aliphatic heterocycles. The number of halogens is 2. The molecule has 1 nitrogen and oxygen atoms in total. The molecule has 2 aromatic carbocycles. The van der Waals surface area contributed by atoms with Crippen LogP contribution in [0.15, 0.2) is 39.3 Å². The van der Waals surface area contributed by atoms with Gasteiger partial charge in [-0.25, -0.2) is 0 Å². The lowest BCUT2D eigenvalue weighted by Gasteiger charge is -2.08. The van der Waals surface area contributed by atoms with Gasteiger partial charge in [0.05, 0.1) is 0 Å². The molecule has 0 unspecified atom stereocenters. The molecule has 0 heterocycles. The van der Waals surface area contributed by atoms with Crippen LogP contribution in [0.25, 0.3) is 10.8 Å². The van der Waals surface area contributed by atoms with Gasteiger partial charge in [-0.2, -0.15) is 0 Å². The average Bonchev–Trinajstić information content (AvgIpc) is 2.23. The van der Waals surface area contributed by atoms with Crippen molar-refractivity contribution in [2.45, 2.75) is 6.42 Å². The van der Waals surface area contributed by atoms with E-state index in [2.05, 4.69) is 50.1 Å². The summed E-state index contributed by atoms with van der Waals surface area (Å²) in [4.78, 5) is 0. The van der Waals surface area contributed by atoms with Crippen molar-refractivity contribution in [1.82, 2.24) is 0 Å². The molecule has 0 saturated carbocycles. The normalized spacial score (nSPS) is 10.9. The summed E-state index contributed by atoms with van der Waals surface area (Å²) in [6.45, 7) is 0.171. The zero-order chi connectivity index (χ0) is 10.8. The maximum absolute atomic E-state index is 9.04. The van der Waals surface area contributed by atoms with Crippen molar-refractivity contribution < 1.29 is 5.11 Å². The van der Waals surface area contributed by atoms with Crippen LogP contribution in [-0.4, -0.2) is 11.7 Å². The zero-order valence-electron chi connectivity index (χ0n) is 8.00. The van der Waals surface area contributed by atoms with E-state index in [1.54, 1.807) is 0 Å². The van der Waals surface area contributed by atoms with Crippen LogP contribution in [0.1, 0.15) is 5.56 Å². The Morgan fingerprint density at radius 2 is 1.80 bits per heavy atom. The average molecular weight is 330 g/mol. The van der Waals surface area contributed by atoms with Gasteiger partial charge in [0.2, 0.25) is 0 Å². The van der Waals surface area contributed by atoms with Crippen molar-refractivity contribution in [3.05, 3.63) is 44.8 Å². The fraction of sp³-hybridized carbons (Fsp3) is 0.167. The van der Waals surface area contributed by atoms with Crippen LogP contribution in [0.2, 0.25) is 0 Å². The van der Waals surface area contributed by atoms with Crippen molar-refractivity contribution in [1.29, 1.82) is 0 Å². The monoisotopic (exact) mass is 328 g/mol. The van der Waals surface area contributed by atoms with Gasteiger partial charge in [-0.3, -0.25) is 0 Å². The molecule has 2 aromatic rings. The number of aliphatic hydroxyl groups is 1. The first-order valence-corrected chi connectivity index (χ1v) is 6.28. The van der Waals surface area contributed by atoms with Gasteiger partial charge in [0.25, 0.3) is 0 Å². The lowest BCUT2D eigenvalue weighted by Crippen LogP contribution is -1.93. The first kappa shape index (κ1) is 11.1. The van der Waals surface area contributed by atoms with Crippen LogP contribution < -0.4 is 0 Å². The summed E-state index contributed by atoms with van der Waals surface area (Å²) in [5.74, 6) is 0. The maximum Gasteiger partial charge on any atom is 0.0472 e. The van der Waals surface area contributed by atoms with Crippen LogP contribution in [0.4, 0.5) is 0 Å². The molecular weight excluding hydrogens is 320 g/mol. The highest BCUT2D eigenvalue weighted by Crippen LogP contribution is 2.29. The second-order valence-electron chi connectivity index (χ2n) is 3.37. The molecule has 15 heavy (non-hydrogen) atoms. The Kier molecular flexibility index (Phi) is 3.44. The molecule has 0 spiro atoms. The molecular formula is C12H10Br2O. The van der Waals surface area contributed by atoms with E-state index in [0.29, 0.717) is 6.42 Å². The molecule has 0 radical (unpaired) electrons. The first-order valence-electron chi connectivity index (χ1n) is 4.70. The highest BCUT2D eigenvalue weighted by Gasteiger charge is 2.05. The van der Waals surface area contributed by atoms with Gasteiger partial charge in [-0.1, -0.05) is 44.0 Å². The van der Waals surface area contributed by atoms with Gasteiger partial charge >= 0.3 is 0 Å². The minimum atomic E-state index is 0.171. The number of fused-ring (bicyclic) bond motifs is 1. The molecule has 3 heteroatoms. The van der Waals surface area contributed by atoms with Crippen molar-refractivity contribution in [2.24, 2.45) is 0 Å². The molecule has 1 N–H and O–H groups in total. The molecule has 0 atom stereocenters. The molecule has 0 aliphatic rings. The number of aliphatic hydroxyl groups excluding tert-OH is 1. The minimum absolute atomic E-state index is 0.171. The lowest BCUT2D eigenvalue weighted by molar-refractivity contribution is 0.300. The summed E-state index contributed by atoms with van der Waals surface area (Å²) in [7, 11) is 0. The Morgan fingerprint density at radius 3 is 2.53 bits per heavy atom. The molecule has 2 rings (SSSR count). The van der Waals surface area contributed by atoms with Crippen LogP contribution in [-0.2, 0) is 6.42 Å². The molecule has 0 aliphatic carbocycles. The predicted molar refractivity (Wildman–Crippen MR) is 70.1 cm³/mol. The van der Waals surface area contributed by atoms with Gasteiger partial charge < -0.3 is 5.11 Å². The van der Waals surface area contributed by atoms with Crippen LogP contribution in [0.3, 0.4) is 0 Å². The Labute approximate surface area is 105 Å². The number of hydrogen-bond donors (Lipinski definition) is 1. The Bertz CT molecular complexity index is 489. The summed E-state index contributed by atoms with van der Waals surface area (Å²) >= 11 is 6.98. The van der Waals surface area contributed by atoms with Crippen molar-refractivity contribution in [2.75, 3.05) is 6.61 Å². The van der Waals surface area contributed by atoms with Crippen molar-refractivity contribution >= 4 is 42.6 Å². The maximum atomic E-state index is 9.04. The van der Waals surface area contributed by atoms with E-state index in [1.807, 2.05) is 12.1 Å². The highest BCUT2D eigenvalue weighted by molar-refractivity contribution is 9.10. The van der Waals surface area contributed by atoms with E-state index in [9.17, 15) is 0 Å². The Balaban J connectivity index is 2.72. The SMILES string of the molecule is OCCc1c(Br)ccc2ccc(Br)cc12. The Hall–Kier alpha value is -0.380. The third-order valence-corrected chi connectivity index (χ3v) is 3.64. The van der Waals surface area contributed by atoms with Crippen LogP contribution in [0, 0.1) is 0 Å². The number of benzene rings is 2. The fourth-order valence-electron chi connectivity index (χ4n) is 1.69. The standard InChI is InChI=1S/C12H10Br2O/c13-9-3-1-8-2-4-12(14)10(5-6-15)11(8)7-9/h1-4,7,15H,5-6H2. The van der Waals surface area contributed by atoms with E-state index >= 15 is 0 Å². The summed E-state index contributed by atoms with van der Waals surface area (Å²) < 4.78 is 2.12. The van der Waals surface area contributed by atoms with Gasteiger partial charge in [-0.05, 0) is 41.0 Å². The lowest BCUT2D eigenvalue weighted by atomic mass is 10.0. The van der Waals surface area contributed by atoms with Crippen molar-refractivity contribution in [3.8, 4) is 0 Å². The van der Waals surface area contributed by atoms with Crippen molar-refractivity contribution in [3.63, 3.8) is 0 Å². The third-order valence-electron chi connectivity index (χ3n) is 2.40. The molecule has 0 saturated heterocycles. The number of rotatable bonds is 2. The van der Waals surface area contributed by atoms with Gasteiger partial charge in [0.1, 0.15) is 0 Å². The Morgan fingerprint density at radius 1 is 1.07 bits per heavy atom. The van der Waals surface area contributed by atoms with E-state index in [1.165, 1.54) is 10.8 Å². The largest absolute Gasteiger partial charge is 0.396 e.